The van der Waals surface area contributed by atoms with Crippen molar-refractivity contribution in [3.8, 4) is 0 Å². The molecule has 13 heteroatoms. The van der Waals surface area contributed by atoms with Gasteiger partial charge in [-0.3, -0.25) is 19.7 Å². The fraction of sp³-hybridized carbons (Fsp3) is 0.105. The van der Waals surface area contributed by atoms with E-state index < -0.39 is 22.5 Å². The Hall–Kier alpha value is -4.65. The number of nitrogens with two attached hydrogens (primary N) is 2. The minimum absolute atomic E-state index is 0.128. The van der Waals surface area contributed by atoms with Gasteiger partial charge in [0.25, 0.3) is 11.2 Å². The molecule has 0 aliphatic heterocycles. The highest BCUT2D eigenvalue weighted by Gasteiger charge is 2.23. The highest BCUT2D eigenvalue weighted by Crippen LogP contribution is 2.22. The molecule has 0 bridgehead atoms. The van der Waals surface area contributed by atoms with Crippen LogP contribution in [0.5, 0.6) is 0 Å². The van der Waals surface area contributed by atoms with Crippen LogP contribution in [0.1, 0.15) is 24.3 Å². The number of non-ortho nitro benzene ring substituents is 1. The van der Waals surface area contributed by atoms with Gasteiger partial charge in [0.1, 0.15) is 11.8 Å². The fourth-order valence-corrected chi connectivity index (χ4v) is 2.81. The molecule has 0 saturated heterocycles. The van der Waals surface area contributed by atoms with Crippen LogP contribution in [-0.4, -0.2) is 37.6 Å². The largest absolute Gasteiger partial charge is 0.382 e. The molecule has 0 unspecified atom stereocenters. The molecule has 3 rings (SSSR count). The number of nitro groups is 1. The number of aromatic nitrogens is 2. The molecule has 3 aromatic rings. The van der Waals surface area contributed by atoms with Gasteiger partial charge in [-0.1, -0.05) is 12.1 Å². The van der Waals surface area contributed by atoms with Crippen molar-refractivity contribution in [2.45, 2.75) is 13.0 Å². The average Bonchev–Trinajstić information content (AvgIpc) is 2.73. The van der Waals surface area contributed by atoms with E-state index in [-0.39, 0.29) is 34.0 Å². The molecular weight excluding hydrogens is 420 g/mol. The van der Waals surface area contributed by atoms with Crippen molar-refractivity contribution >= 4 is 40.0 Å². The molecule has 32 heavy (non-hydrogen) atoms. The van der Waals surface area contributed by atoms with Gasteiger partial charge in [0.05, 0.1) is 16.0 Å². The van der Waals surface area contributed by atoms with E-state index in [0.717, 1.165) is 6.07 Å². The van der Waals surface area contributed by atoms with Crippen molar-refractivity contribution in [1.82, 2.24) is 9.97 Å². The monoisotopic (exact) mass is 438 g/mol. The van der Waals surface area contributed by atoms with E-state index in [1.165, 1.54) is 31.2 Å². The summed E-state index contributed by atoms with van der Waals surface area (Å²) in [5.74, 6) is -0.677. The number of rotatable bonds is 6. The summed E-state index contributed by atoms with van der Waals surface area (Å²) in [6.07, 6.45) is -1.46. The number of hydrogen-bond donors (Lipinski definition) is 5. The smallest absolute Gasteiger partial charge is 0.276 e. The second kappa shape index (κ2) is 9.01. The number of hydrogen-bond acceptors (Lipinski definition) is 8. The van der Waals surface area contributed by atoms with Crippen molar-refractivity contribution in [3.63, 3.8) is 0 Å². The van der Waals surface area contributed by atoms with Crippen molar-refractivity contribution in [2.75, 3.05) is 5.32 Å². The Morgan fingerprint density at radius 1 is 1.22 bits per heavy atom. The third-order valence-electron chi connectivity index (χ3n) is 4.21. The summed E-state index contributed by atoms with van der Waals surface area (Å²) in [5.41, 5.74) is 10.3. The van der Waals surface area contributed by atoms with Crippen LogP contribution in [0.25, 0.3) is 11.0 Å². The molecule has 2 aromatic carbocycles. The van der Waals surface area contributed by atoms with Crippen LogP contribution in [0.2, 0.25) is 0 Å². The van der Waals surface area contributed by atoms with E-state index >= 15 is 0 Å². The lowest BCUT2D eigenvalue weighted by atomic mass is 10.0. The van der Waals surface area contributed by atoms with Gasteiger partial charge in [0.2, 0.25) is 11.9 Å². The van der Waals surface area contributed by atoms with Crippen molar-refractivity contribution < 1.29 is 14.8 Å². The highest BCUT2D eigenvalue weighted by atomic mass is 16.6. The van der Waals surface area contributed by atoms with Crippen LogP contribution in [0.15, 0.2) is 57.5 Å². The first kappa shape index (κ1) is 22.0. The van der Waals surface area contributed by atoms with E-state index in [1.807, 2.05) is 0 Å². The van der Waals surface area contributed by atoms with E-state index in [1.54, 1.807) is 12.1 Å². The number of nitrogens with one attached hydrogen (secondary N) is 2. The summed E-state index contributed by atoms with van der Waals surface area (Å²) in [6, 6.07) is 9.86. The number of aromatic amines is 1. The van der Waals surface area contributed by atoms with Crippen LogP contribution in [0, 0.1) is 10.1 Å². The number of benzene rings is 2. The second-order valence-corrected chi connectivity index (χ2v) is 6.59. The molecular formula is C19H18N8O5. The molecule has 13 nitrogen and oxygen atoms in total. The summed E-state index contributed by atoms with van der Waals surface area (Å²) in [4.78, 5) is 40.9. The quantitative estimate of drug-likeness (QED) is 0.158. The van der Waals surface area contributed by atoms with Gasteiger partial charge in [-0.15, -0.1) is 10.2 Å². The van der Waals surface area contributed by atoms with Crippen LogP contribution in [-0.2, 0) is 4.79 Å². The fourth-order valence-electron chi connectivity index (χ4n) is 2.81. The number of aliphatic hydroxyl groups is 1. The molecule has 1 atom stereocenters. The topological polar surface area (TPSA) is 215 Å². The third kappa shape index (κ3) is 4.91. The van der Waals surface area contributed by atoms with Crippen LogP contribution >= 0.6 is 0 Å². The van der Waals surface area contributed by atoms with Gasteiger partial charge >= 0.3 is 0 Å². The molecule has 0 aliphatic carbocycles. The number of carbonyl (C=O) groups excluding carboxylic acids is 1. The van der Waals surface area contributed by atoms with E-state index in [2.05, 4.69) is 25.5 Å². The predicted molar refractivity (Wildman–Crippen MR) is 117 cm³/mol. The second-order valence-electron chi connectivity index (χ2n) is 6.59. The maximum absolute atomic E-state index is 12.7. The molecule has 1 amide bonds. The Bertz CT molecular complexity index is 1310. The number of nitrogens with zero attached hydrogens (tertiary/aromatic N) is 4. The first-order valence-electron chi connectivity index (χ1n) is 9.06. The zero-order chi connectivity index (χ0) is 23.4. The maximum atomic E-state index is 12.7. The summed E-state index contributed by atoms with van der Waals surface area (Å²) in [6.45, 7) is 1.36. The first-order chi connectivity index (χ1) is 15.2. The van der Waals surface area contributed by atoms with Crippen LogP contribution in [0.3, 0.4) is 0 Å². The molecule has 1 heterocycles. The number of aliphatic hydroxyl groups excluding tert-OH is 1. The van der Waals surface area contributed by atoms with Gasteiger partial charge in [-0.25, -0.2) is 4.98 Å². The molecule has 164 valence electrons. The number of fused-ring (bicyclic) bond motifs is 1. The molecule has 0 saturated carbocycles. The first-order valence-corrected chi connectivity index (χ1v) is 9.06. The van der Waals surface area contributed by atoms with E-state index in [9.17, 15) is 24.8 Å². The Balaban J connectivity index is 2.09. The average molecular weight is 438 g/mol. The van der Waals surface area contributed by atoms with Crippen molar-refractivity contribution in [1.29, 1.82) is 0 Å². The summed E-state index contributed by atoms with van der Waals surface area (Å²) in [5, 5.41) is 31.8. The molecule has 0 spiro atoms. The molecule has 7 N–H and O–H groups in total. The minimum atomic E-state index is -1.46. The Morgan fingerprint density at radius 2 is 1.91 bits per heavy atom. The normalized spacial score (nSPS) is 12.2. The van der Waals surface area contributed by atoms with Gasteiger partial charge in [0, 0.05) is 24.7 Å². The van der Waals surface area contributed by atoms with E-state index in [4.69, 9.17) is 11.5 Å². The van der Waals surface area contributed by atoms with E-state index in [0.29, 0.717) is 11.3 Å². The molecule has 0 radical (unpaired) electrons. The molecule has 0 aliphatic rings. The van der Waals surface area contributed by atoms with Gasteiger partial charge in [0.15, 0.2) is 5.69 Å². The zero-order valence-corrected chi connectivity index (χ0v) is 16.6. The molecule has 1 aromatic heterocycles. The number of anilines is 1. The highest BCUT2D eigenvalue weighted by molar-refractivity contribution is 6.03. The Labute approximate surface area is 179 Å². The lowest BCUT2D eigenvalue weighted by Crippen LogP contribution is -2.27. The Morgan fingerprint density at radius 3 is 2.50 bits per heavy atom. The van der Waals surface area contributed by atoms with Gasteiger partial charge in [-0.2, -0.15) is 0 Å². The number of H-pyrrole nitrogens is 1. The number of amides is 1. The summed E-state index contributed by atoms with van der Waals surface area (Å²) < 4.78 is 0. The van der Waals surface area contributed by atoms with Crippen LogP contribution in [0.4, 0.5) is 11.4 Å². The Kier molecular flexibility index (Phi) is 6.21. The van der Waals surface area contributed by atoms with Gasteiger partial charge in [-0.05, 0) is 23.8 Å². The maximum Gasteiger partial charge on any atom is 0.276 e. The number of nitro benzene ring substituents is 1. The van der Waals surface area contributed by atoms with Crippen molar-refractivity contribution in [3.05, 3.63) is 74.2 Å². The summed E-state index contributed by atoms with van der Waals surface area (Å²) >= 11 is 0. The summed E-state index contributed by atoms with van der Waals surface area (Å²) in [7, 11) is 0. The van der Waals surface area contributed by atoms with Crippen molar-refractivity contribution in [2.24, 2.45) is 21.7 Å². The SMILES string of the molecule is CC(=O)Nc1ccc([C@@H](O)/C(=N/N=C(N)N)c2nc3ccc([N+](=O)[O-])cc3[nH]c2=O)cc1. The lowest BCUT2D eigenvalue weighted by Gasteiger charge is -2.14. The van der Waals surface area contributed by atoms with Gasteiger partial charge < -0.3 is 26.9 Å². The number of carbonyl (C=O) groups is 1. The standard InChI is InChI=1S/C19H18N8O5/c1-9(28)22-11-4-2-10(3-5-11)17(29)15(25-26-19(20)21)16-18(30)24-14-8-12(27(31)32)6-7-13(14)23-16/h2-8,17,29H,1H3,(H,22,28)(H,24,30)(H4,20,21,26)/b25-15+/t17-/m1/s1. The predicted octanol–water partition coefficient (Wildman–Crippen LogP) is 0.501. The minimum Gasteiger partial charge on any atom is -0.382 e. The lowest BCUT2D eigenvalue weighted by molar-refractivity contribution is -0.384. The number of guanidine groups is 1. The zero-order valence-electron chi connectivity index (χ0n) is 16.6. The molecule has 0 fully saturated rings. The third-order valence-corrected chi connectivity index (χ3v) is 4.21. The van der Waals surface area contributed by atoms with Crippen LogP contribution < -0.4 is 22.3 Å².